The molecule has 2 bridgehead atoms. The molecular formula is C59H40N4Si. The predicted molar refractivity (Wildman–Crippen MR) is 263 cm³/mol. The summed E-state index contributed by atoms with van der Waals surface area (Å²) in [6, 6.07) is 84.5. The van der Waals surface area contributed by atoms with Crippen LogP contribution in [0.4, 0.5) is 0 Å². The lowest BCUT2D eigenvalue weighted by Gasteiger charge is -2.46. The van der Waals surface area contributed by atoms with Crippen LogP contribution in [0.15, 0.2) is 231 Å². The first-order chi connectivity index (χ1) is 31.8. The van der Waals surface area contributed by atoms with E-state index in [9.17, 15) is 0 Å². The molecule has 0 saturated heterocycles. The van der Waals surface area contributed by atoms with E-state index in [2.05, 4.69) is 229 Å². The highest BCUT2D eigenvalue weighted by atomic mass is 28.3. The van der Waals surface area contributed by atoms with Gasteiger partial charge in [0, 0.05) is 33.7 Å². The molecule has 0 N–H and O–H groups in total. The summed E-state index contributed by atoms with van der Waals surface area (Å²) in [4.78, 5) is 16.3. The molecule has 9 aromatic carbocycles. The van der Waals surface area contributed by atoms with Crippen LogP contribution in [0.25, 0.3) is 50.5 Å². The van der Waals surface area contributed by atoms with Gasteiger partial charge in [0.15, 0.2) is 19.7 Å². The Hall–Kier alpha value is -7.99. The first-order valence-corrected chi connectivity index (χ1v) is 24.1. The summed E-state index contributed by atoms with van der Waals surface area (Å²) in [7, 11) is -2.95. The highest BCUT2D eigenvalue weighted by molar-refractivity contribution is 7.20. The van der Waals surface area contributed by atoms with Crippen LogP contribution in [-0.4, -0.2) is 27.6 Å². The number of aromatic nitrogens is 4. The van der Waals surface area contributed by atoms with E-state index < -0.39 is 8.07 Å². The molecule has 300 valence electrons. The van der Waals surface area contributed by atoms with Crippen molar-refractivity contribution in [2.45, 2.75) is 11.8 Å². The quantitative estimate of drug-likeness (QED) is 0.119. The van der Waals surface area contributed by atoms with Crippen molar-refractivity contribution in [1.82, 2.24) is 19.5 Å². The summed E-state index contributed by atoms with van der Waals surface area (Å²) in [5.41, 5.74) is 12.2. The molecule has 11 aromatic rings. The summed E-state index contributed by atoms with van der Waals surface area (Å²) >= 11 is 0. The average molecular weight is 833 g/mol. The van der Waals surface area contributed by atoms with Crippen LogP contribution in [0, 0.1) is 0 Å². The Morgan fingerprint density at radius 2 is 0.797 bits per heavy atom. The highest BCUT2D eigenvalue weighted by Crippen LogP contribution is 2.57. The fourth-order valence-electron chi connectivity index (χ4n) is 11.3. The van der Waals surface area contributed by atoms with E-state index in [4.69, 9.17) is 15.0 Å². The van der Waals surface area contributed by atoms with Gasteiger partial charge in [-0.3, -0.25) is 4.57 Å². The van der Waals surface area contributed by atoms with Gasteiger partial charge in [0.2, 0.25) is 5.95 Å². The van der Waals surface area contributed by atoms with Crippen LogP contribution in [-0.2, 0) is 0 Å². The fraction of sp³-hybridized carbons (Fsp3) is 0.0339. The molecule has 0 fully saturated rings. The Morgan fingerprint density at radius 3 is 1.39 bits per heavy atom. The maximum Gasteiger partial charge on any atom is 0.238 e. The molecule has 3 aliphatic carbocycles. The lowest BCUT2D eigenvalue weighted by molar-refractivity contribution is 0.758. The molecule has 0 saturated carbocycles. The van der Waals surface area contributed by atoms with Crippen molar-refractivity contribution >= 4 is 50.6 Å². The van der Waals surface area contributed by atoms with Gasteiger partial charge in [0.1, 0.15) is 0 Å². The van der Waals surface area contributed by atoms with Gasteiger partial charge in [-0.2, -0.15) is 9.97 Å². The fourth-order valence-corrected chi connectivity index (χ4v) is 16.4. The zero-order valence-corrected chi connectivity index (χ0v) is 35.9. The van der Waals surface area contributed by atoms with Crippen molar-refractivity contribution in [3.63, 3.8) is 0 Å². The third kappa shape index (κ3) is 5.31. The number of nitrogens with zero attached hydrogens (tertiary/aromatic N) is 4. The average Bonchev–Trinajstić information content (AvgIpc) is 3.72. The highest BCUT2D eigenvalue weighted by Gasteiger charge is 2.49. The van der Waals surface area contributed by atoms with Gasteiger partial charge in [-0.15, -0.1) is 0 Å². The minimum atomic E-state index is -2.95. The van der Waals surface area contributed by atoms with E-state index in [0.717, 1.165) is 22.2 Å². The topological polar surface area (TPSA) is 43.6 Å². The van der Waals surface area contributed by atoms with Gasteiger partial charge >= 0.3 is 0 Å². The second kappa shape index (κ2) is 14.6. The lowest BCUT2D eigenvalue weighted by Crippen LogP contribution is -2.75. The molecule has 4 nitrogen and oxygen atoms in total. The Kier molecular flexibility index (Phi) is 8.33. The van der Waals surface area contributed by atoms with Crippen LogP contribution in [0.5, 0.6) is 0 Å². The number of hydrogen-bond acceptors (Lipinski definition) is 3. The lowest BCUT2D eigenvalue weighted by atomic mass is 9.60. The van der Waals surface area contributed by atoms with E-state index in [1.165, 1.54) is 64.9 Å². The maximum absolute atomic E-state index is 5.54. The Balaban J connectivity index is 1.12. The molecule has 2 atom stereocenters. The molecule has 64 heavy (non-hydrogen) atoms. The van der Waals surface area contributed by atoms with Crippen molar-refractivity contribution in [2.24, 2.45) is 0 Å². The third-order valence-corrected chi connectivity index (χ3v) is 18.6. The first-order valence-electron chi connectivity index (χ1n) is 22.1. The van der Waals surface area contributed by atoms with Gasteiger partial charge < -0.3 is 0 Å². The minimum absolute atomic E-state index is 0.0346. The van der Waals surface area contributed by atoms with Crippen molar-refractivity contribution in [1.29, 1.82) is 0 Å². The summed E-state index contributed by atoms with van der Waals surface area (Å²) < 4.78 is 2.21. The van der Waals surface area contributed by atoms with E-state index >= 15 is 0 Å². The molecule has 2 aromatic heterocycles. The molecule has 5 heteroatoms. The number of hydrogen-bond donors (Lipinski definition) is 0. The van der Waals surface area contributed by atoms with Crippen molar-refractivity contribution in [3.05, 3.63) is 264 Å². The van der Waals surface area contributed by atoms with E-state index in [-0.39, 0.29) is 11.8 Å². The molecule has 2 heterocycles. The summed E-state index contributed by atoms with van der Waals surface area (Å²) in [6.45, 7) is 0. The van der Waals surface area contributed by atoms with Crippen LogP contribution >= 0.6 is 0 Å². The van der Waals surface area contributed by atoms with E-state index in [1.54, 1.807) is 0 Å². The summed E-state index contributed by atoms with van der Waals surface area (Å²) in [6.07, 6.45) is 0. The second-order valence-corrected chi connectivity index (χ2v) is 20.7. The van der Waals surface area contributed by atoms with Crippen LogP contribution in [0.1, 0.15) is 45.2 Å². The monoisotopic (exact) mass is 832 g/mol. The standard InChI is InChI=1S/C59H40N4Si/c1-5-21-39(22-6-1)57-60-58(62-59(61-57)63-50-36-17-15-29-43(50)44-30-16-18-37-51(44)63)49-35-19-33-47-53-45-31-13-14-32-46(45)56(54(47)49)55-48(53)34-20-38-52(55)64(40-23-7-2-8-24-40,41-25-9-3-10-26-41)42-27-11-4-12-28-42/h1-38,53,56H. The van der Waals surface area contributed by atoms with Crippen molar-refractivity contribution in [2.75, 3.05) is 0 Å². The third-order valence-electron chi connectivity index (χ3n) is 13.8. The number of rotatable bonds is 7. The van der Waals surface area contributed by atoms with Gasteiger partial charge in [-0.1, -0.05) is 218 Å². The molecule has 0 radical (unpaired) electrons. The maximum atomic E-state index is 5.54. The van der Waals surface area contributed by atoms with Gasteiger partial charge in [-0.25, -0.2) is 4.98 Å². The van der Waals surface area contributed by atoms with Crippen LogP contribution in [0.3, 0.4) is 0 Å². The molecule has 2 unspecified atom stereocenters. The van der Waals surface area contributed by atoms with Crippen molar-refractivity contribution < 1.29 is 0 Å². The van der Waals surface area contributed by atoms with E-state index in [0.29, 0.717) is 17.6 Å². The molecular weight excluding hydrogens is 793 g/mol. The van der Waals surface area contributed by atoms with E-state index in [1.807, 2.05) is 6.07 Å². The van der Waals surface area contributed by atoms with Crippen LogP contribution < -0.4 is 20.7 Å². The minimum Gasteiger partial charge on any atom is -0.278 e. The molecule has 0 spiro atoms. The van der Waals surface area contributed by atoms with Crippen molar-refractivity contribution in [3.8, 4) is 28.7 Å². The Morgan fingerprint density at radius 1 is 0.344 bits per heavy atom. The molecule has 14 rings (SSSR count). The SMILES string of the molecule is c1ccc(-c2nc(-c3cccc4c3C3c5ccccc5C4c4cccc([Si](c5ccccc5)(c5ccccc5)c5ccccc5)c43)nc(-n3c4ccccc4c4ccccc43)n2)cc1. The van der Waals surface area contributed by atoms with Crippen LogP contribution in [0.2, 0.25) is 0 Å². The summed E-state index contributed by atoms with van der Waals surface area (Å²) in [5.74, 6) is 1.88. The molecule has 0 aliphatic heterocycles. The smallest absolute Gasteiger partial charge is 0.238 e. The van der Waals surface area contributed by atoms with Gasteiger partial charge in [-0.05, 0) is 66.3 Å². The predicted octanol–water partition coefficient (Wildman–Crippen LogP) is 10.7. The normalized spacial score (nSPS) is 14.9. The first kappa shape index (κ1) is 36.6. The Bertz CT molecular complexity index is 3420. The zero-order valence-electron chi connectivity index (χ0n) is 34.9. The second-order valence-electron chi connectivity index (χ2n) is 17.0. The van der Waals surface area contributed by atoms with Gasteiger partial charge in [0.05, 0.1) is 11.0 Å². The number of benzene rings is 9. The largest absolute Gasteiger partial charge is 0.278 e. The number of fused-ring (bicyclic) bond motifs is 3. The number of para-hydroxylation sites is 2. The molecule has 0 amide bonds. The molecule has 3 aliphatic rings. The summed E-state index contributed by atoms with van der Waals surface area (Å²) in [5, 5.41) is 7.85. The Labute approximate surface area is 372 Å². The zero-order chi connectivity index (χ0) is 42.2. The van der Waals surface area contributed by atoms with Gasteiger partial charge in [0.25, 0.3) is 0 Å².